The van der Waals surface area contributed by atoms with Crippen LogP contribution >= 0.6 is 11.8 Å². The van der Waals surface area contributed by atoms with Crippen molar-refractivity contribution >= 4 is 21.8 Å². The molecule has 1 saturated heterocycles. The summed E-state index contributed by atoms with van der Waals surface area (Å²) in [4.78, 5) is 4.71. The van der Waals surface area contributed by atoms with Gasteiger partial charge >= 0.3 is 0 Å². The summed E-state index contributed by atoms with van der Waals surface area (Å²) >= 11 is 1.66. The van der Waals surface area contributed by atoms with Crippen molar-refractivity contribution in [2.45, 2.75) is 48.5 Å². The number of aliphatic hydroxyl groups is 1. The summed E-state index contributed by atoms with van der Waals surface area (Å²) in [5, 5.41) is 10.5. The van der Waals surface area contributed by atoms with Gasteiger partial charge < -0.3 is 14.6 Å². The molecule has 1 aromatic heterocycles. The first-order chi connectivity index (χ1) is 22.4. The Morgan fingerprint density at radius 1 is 0.783 bits per heavy atom. The topological polar surface area (TPSA) is 97.8 Å². The molecule has 0 spiro atoms. The fraction of sp³-hybridized carbons (Fsp3) is 0.216. The fourth-order valence-corrected chi connectivity index (χ4v) is 7.56. The molecule has 5 aromatic rings. The van der Waals surface area contributed by atoms with E-state index < -0.39 is 16.3 Å². The van der Waals surface area contributed by atoms with Crippen LogP contribution in [0.4, 0.5) is 0 Å². The predicted molar refractivity (Wildman–Crippen MR) is 180 cm³/mol. The maximum atomic E-state index is 12.8. The predicted octanol–water partition coefficient (Wildman–Crippen LogP) is 7.30. The summed E-state index contributed by atoms with van der Waals surface area (Å²) in [6, 6.07) is 38.1. The Labute approximate surface area is 274 Å². The van der Waals surface area contributed by atoms with Crippen LogP contribution in [0.5, 0.6) is 0 Å². The minimum absolute atomic E-state index is 0.0106. The van der Waals surface area contributed by atoms with Crippen molar-refractivity contribution in [3.05, 3.63) is 150 Å². The Hall–Kier alpha value is -3.83. The third-order valence-corrected chi connectivity index (χ3v) is 10.5. The van der Waals surface area contributed by atoms with Crippen LogP contribution in [0.25, 0.3) is 11.1 Å². The van der Waals surface area contributed by atoms with Gasteiger partial charge in [0, 0.05) is 30.0 Å². The van der Waals surface area contributed by atoms with Crippen LogP contribution in [0.3, 0.4) is 0 Å². The molecule has 7 nitrogen and oxygen atoms in total. The minimum Gasteiger partial charge on any atom is -0.392 e. The van der Waals surface area contributed by atoms with Gasteiger partial charge in [0.25, 0.3) is 0 Å². The molecule has 2 heterocycles. The summed E-state index contributed by atoms with van der Waals surface area (Å²) in [5.41, 5.74) is 5.56. The Morgan fingerprint density at radius 2 is 1.52 bits per heavy atom. The Morgan fingerprint density at radius 3 is 2.26 bits per heavy atom. The van der Waals surface area contributed by atoms with Crippen LogP contribution in [-0.2, 0) is 32.6 Å². The molecule has 0 aliphatic carbocycles. The largest absolute Gasteiger partial charge is 0.392 e. The van der Waals surface area contributed by atoms with E-state index in [4.69, 9.17) is 9.47 Å². The highest BCUT2D eigenvalue weighted by molar-refractivity contribution is 7.99. The van der Waals surface area contributed by atoms with Crippen LogP contribution in [0.1, 0.15) is 41.6 Å². The van der Waals surface area contributed by atoms with E-state index in [-0.39, 0.29) is 36.2 Å². The molecule has 0 saturated carbocycles. The van der Waals surface area contributed by atoms with Crippen LogP contribution in [0, 0.1) is 5.92 Å². The summed E-state index contributed by atoms with van der Waals surface area (Å²) in [6.45, 7) is 2.31. The van der Waals surface area contributed by atoms with Crippen LogP contribution < -0.4 is 4.72 Å². The monoisotopic (exact) mass is 652 g/mol. The number of ether oxygens (including phenoxy) is 2. The van der Waals surface area contributed by atoms with Crippen molar-refractivity contribution in [1.82, 2.24) is 9.71 Å². The second kappa shape index (κ2) is 14.7. The normalized spacial score (nSPS) is 20.0. The lowest BCUT2D eigenvalue weighted by Gasteiger charge is -2.41. The van der Waals surface area contributed by atoms with E-state index in [1.807, 2.05) is 84.9 Å². The number of pyridine rings is 1. The summed E-state index contributed by atoms with van der Waals surface area (Å²) in [6.07, 6.45) is 0.862. The van der Waals surface area contributed by atoms with Crippen molar-refractivity contribution in [2.24, 2.45) is 5.92 Å². The van der Waals surface area contributed by atoms with Crippen molar-refractivity contribution in [3.8, 4) is 11.1 Å². The molecule has 0 amide bonds. The van der Waals surface area contributed by atoms with E-state index in [0.717, 1.165) is 38.4 Å². The van der Waals surface area contributed by atoms with E-state index in [1.165, 1.54) is 0 Å². The number of nitrogens with one attached hydrogen (secondary N) is 1. The highest BCUT2D eigenvalue weighted by Crippen LogP contribution is 2.43. The zero-order valence-corrected chi connectivity index (χ0v) is 27.0. The first-order valence-corrected chi connectivity index (χ1v) is 17.6. The van der Waals surface area contributed by atoms with E-state index in [2.05, 4.69) is 22.7 Å². The Balaban J connectivity index is 1.23. The van der Waals surface area contributed by atoms with E-state index in [1.54, 1.807) is 48.3 Å². The van der Waals surface area contributed by atoms with Gasteiger partial charge in [-0.15, -0.1) is 11.8 Å². The van der Waals surface area contributed by atoms with Crippen molar-refractivity contribution in [3.63, 3.8) is 0 Å². The van der Waals surface area contributed by atoms with Gasteiger partial charge in [-0.1, -0.05) is 91.9 Å². The SMILES string of the molecule is C[C@@H]1[C@H](CSc2ccccn2)O[C@H](c2cccc(-c3cccc(CNS(=O)(=O)c4ccccc4)c3)c2)O[C@@H]1c1ccc(CO)cc1. The zero-order valence-electron chi connectivity index (χ0n) is 25.4. The number of sulfonamides is 1. The zero-order chi connectivity index (χ0) is 31.9. The van der Waals surface area contributed by atoms with Gasteiger partial charge in [0.15, 0.2) is 6.29 Å². The first-order valence-electron chi connectivity index (χ1n) is 15.2. The maximum Gasteiger partial charge on any atom is 0.240 e. The first kappa shape index (κ1) is 32.1. The van der Waals surface area contributed by atoms with Gasteiger partial charge in [-0.05, 0) is 64.2 Å². The lowest BCUT2D eigenvalue weighted by atomic mass is 9.91. The van der Waals surface area contributed by atoms with Gasteiger partial charge in [0.1, 0.15) is 0 Å². The molecule has 46 heavy (non-hydrogen) atoms. The number of aliphatic hydroxyl groups excluding tert-OH is 1. The molecular formula is C37H36N2O5S2. The smallest absolute Gasteiger partial charge is 0.240 e. The number of rotatable bonds is 11. The number of nitrogens with zero attached hydrogens (tertiary/aromatic N) is 1. The average Bonchev–Trinajstić information content (AvgIpc) is 3.11. The molecule has 9 heteroatoms. The number of aromatic nitrogens is 1. The average molecular weight is 653 g/mol. The molecule has 6 rings (SSSR count). The van der Waals surface area contributed by atoms with E-state index in [0.29, 0.717) is 5.75 Å². The summed E-state index contributed by atoms with van der Waals surface area (Å²) < 4.78 is 41.6. The molecule has 2 N–H and O–H groups in total. The maximum absolute atomic E-state index is 12.8. The molecule has 4 aromatic carbocycles. The summed E-state index contributed by atoms with van der Waals surface area (Å²) in [5.74, 6) is 0.774. The molecule has 1 fully saturated rings. The fourth-order valence-electron chi connectivity index (χ4n) is 5.50. The number of hydrogen-bond donors (Lipinski definition) is 2. The van der Waals surface area contributed by atoms with Gasteiger partial charge in [0.05, 0.1) is 28.7 Å². The summed E-state index contributed by atoms with van der Waals surface area (Å²) in [7, 11) is -3.62. The van der Waals surface area contributed by atoms with Gasteiger partial charge in [0.2, 0.25) is 10.0 Å². The second-order valence-corrected chi connectivity index (χ2v) is 14.1. The molecule has 0 unspecified atom stereocenters. The number of benzene rings is 4. The molecule has 236 valence electrons. The molecule has 1 aliphatic rings. The standard InChI is InChI=1S/C37H36N2O5S2/c1-26-34(25-45-35-15-5-6-20-38-35)43-37(44-36(26)29-18-16-27(24-40)17-19-29)32-12-8-11-31(22-32)30-10-7-9-28(21-30)23-39-46(41,42)33-13-3-2-4-14-33/h2-22,26,34,36-37,39-40H,23-25H2,1H3/t26-,34+,36+,37+/m1/s1. The number of hydrogen-bond acceptors (Lipinski definition) is 7. The minimum atomic E-state index is -3.62. The van der Waals surface area contributed by atoms with E-state index >= 15 is 0 Å². The molecule has 4 atom stereocenters. The van der Waals surface area contributed by atoms with Gasteiger partial charge in [-0.25, -0.2) is 18.1 Å². The van der Waals surface area contributed by atoms with Crippen LogP contribution in [0.2, 0.25) is 0 Å². The molecule has 0 bridgehead atoms. The van der Waals surface area contributed by atoms with E-state index in [9.17, 15) is 13.5 Å². The van der Waals surface area contributed by atoms with Crippen LogP contribution in [0.15, 0.2) is 137 Å². The second-order valence-electron chi connectivity index (χ2n) is 11.3. The van der Waals surface area contributed by atoms with Crippen molar-refractivity contribution in [1.29, 1.82) is 0 Å². The van der Waals surface area contributed by atoms with Crippen LogP contribution in [-0.4, -0.2) is 30.4 Å². The lowest BCUT2D eigenvalue weighted by molar-refractivity contribution is -0.268. The Kier molecular flexibility index (Phi) is 10.3. The lowest BCUT2D eigenvalue weighted by Crippen LogP contribution is -2.38. The quantitative estimate of drug-likeness (QED) is 0.145. The third-order valence-electron chi connectivity index (χ3n) is 8.10. The highest BCUT2D eigenvalue weighted by atomic mass is 32.2. The molecule has 1 aliphatic heterocycles. The molecule has 0 radical (unpaired) electrons. The van der Waals surface area contributed by atoms with Crippen molar-refractivity contribution in [2.75, 3.05) is 5.75 Å². The van der Waals surface area contributed by atoms with Crippen molar-refractivity contribution < 1.29 is 23.0 Å². The van der Waals surface area contributed by atoms with Gasteiger partial charge in [-0.2, -0.15) is 0 Å². The number of thioether (sulfide) groups is 1. The third kappa shape index (κ3) is 7.75. The molecular weight excluding hydrogens is 617 g/mol. The van der Waals surface area contributed by atoms with Gasteiger partial charge in [-0.3, -0.25) is 0 Å². The Bertz CT molecular complexity index is 1840. The highest BCUT2D eigenvalue weighted by Gasteiger charge is 2.38.